The van der Waals surface area contributed by atoms with E-state index in [2.05, 4.69) is 9.44 Å². The molecule has 0 aliphatic heterocycles. The Morgan fingerprint density at radius 1 is 1.26 bits per heavy atom. The van der Waals surface area contributed by atoms with Crippen LogP contribution in [-0.2, 0) is 16.6 Å². The molecule has 0 amide bonds. The Kier molecular flexibility index (Phi) is 6.79. The Balaban J connectivity index is 2.21. The minimum atomic E-state index is -3.35. The fraction of sp³-hybridized carbons (Fsp3) is 0.538. The smallest absolute Gasteiger partial charge is 0.202 e. The first-order valence-corrected chi connectivity index (χ1v) is 8.26. The SMILES string of the molecule is CC(C)NS(=O)(=O)NCCCCc1cccc(Cl)c1. The molecule has 4 nitrogen and oxygen atoms in total. The summed E-state index contributed by atoms with van der Waals surface area (Å²) in [6, 6.07) is 7.63. The second-order valence-electron chi connectivity index (χ2n) is 4.76. The molecule has 0 saturated carbocycles. The Morgan fingerprint density at radius 2 is 2.00 bits per heavy atom. The number of nitrogens with one attached hydrogen (secondary N) is 2. The Morgan fingerprint density at radius 3 is 2.63 bits per heavy atom. The molecule has 0 spiro atoms. The molecule has 0 radical (unpaired) electrons. The molecule has 108 valence electrons. The normalized spacial score (nSPS) is 12.0. The highest BCUT2D eigenvalue weighted by atomic mass is 35.5. The van der Waals surface area contributed by atoms with Gasteiger partial charge in [-0.1, -0.05) is 23.7 Å². The zero-order valence-corrected chi connectivity index (χ0v) is 12.9. The van der Waals surface area contributed by atoms with Crippen molar-refractivity contribution < 1.29 is 8.42 Å². The molecule has 19 heavy (non-hydrogen) atoms. The molecule has 1 aromatic carbocycles. The fourth-order valence-electron chi connectivity index (χ4n) is 1.71. The minimum Gasteiger partial charge on any atom is -0.202 e. The van der Waals surface area contributed by atoms with Crippen molar-refractivity contribution >= 4 is 21.8 Å². The molecular weight excluding hydrogens is 284 g/mol. The topological polar surface area (TPSA) is 58.2 Å². The van der Waals surface area contributed by atoms with E-state index < -0.39 is 10.2 Å². The predicted molar refractivity (Wildman–Crippen MR) is 79.6 cm³/mol. The van der Waals surface area contributed by atoms with Crippen molar-refractivity contribution in [2.45, 2.75) is 39.2 Å². The van der Waals surface area contributed by atoms with E-state index >= 15 is 0 Å². The van der Waals surface area contributed by atoms with Gasteiger partial charge in [0.05, 0.1) is 0 Å². The summed E-state index contributed by atoms with van der Waals surface area (Å²) in [5.41, 5.74) is 1.18. The molecular formula is C13H21ClN2O2S. The molecule has 6 heteroatoms. The van der Waals surface area contributed by atoms with E-state index in [0.29, 0.717) is 6.54 Å². The molecule has 0 atom stereocenters. The van der Waals surface area contributed by atoms with E-state index in [4.69, 9.17) is 11.6 Å². The summed E-state index contributed by atoms with van der Waals surface area (Å²) < 4.78 is 28.0. The van der Waals surface area contributed by atoms with Crippen LogP contribution in [0.25, 0.3) is 0 Å². The first-order valence-electron chi connectivity index (χ1n) is 6.40. The van der Waals surface area contributed by atoms with Gasteiger partial charge in [-0.05, 0) is 50.8 Å². The molecule has 0 saturated heterocycles. The molecule has 0 heterocycles. The summed E-state index contributed by atoms with van der Waals surface area (Å²) in [5.74, 6) is 0. The second kappa shape index (κ2) is 7.85. The van der Waals surface area contributed by atoms with Gasteiger partial charge in [-0.2, -0.15) is 13.1 Å². The number of rotatable bonds is 8. The summed E-state index contributed by atoms with van der Waals surface area (Å²) in [7, 11) is -3.35. The predicted octanol–water partition coefficient (Wildman–Crippen LogP) is 2.50. The highest BCUT2D eigenvalue weighted by Crippen LogP contribution is 2.12. The van der Waals surface area contributed by atoms with E-state index in [1.54, 1.807) is 13.8 Å². The van der Waals surface area contributed by atoms with Gasteiger partial charge in [-0.15, -0.1) is 0 Å². The lowest BCUT2D eigenvalue weighted by atomic mass is 10.1. The molecule has 0 unspecified atom stereocenters. The summed E-state index contributed by atoms with van der Waals surface area (Å²) >= 11 is 5.89. The number of aryl methyl sites for hydroxylation is 1. The van der Waals surface area contributed by atoms with E-state index in [0.717, 1.165) is 24.3 Å². The highest BCUT2D eigenvalue weighted by Gasteiger charge is 2.09. The molecule has 0 aliphatic carbocycles. The number of hydrogen-bond acceptors (Lipinski definition) is 2. The molecule has 1 aromatic rings. The molecule has 1 rings (SSSR count). The van der Waals surface area contributed by atoms with Gasteiger partial charge in [0, 0.05) is 17.6 Å². The maximum Gasteiger partial charge on any atom is 0.277 e. The van der Waals surface area contributed by atoms with Gasteiger partial charge in [-0.25, -0.2) is 4.72 Å². The minimum absolute atomic E-state index is 0.0936. The van der Waals surface area contributed by atoms with Crippen LogP contribution in [0.1, 0.15) is 32.3 Å². The maximum absolute atomic E-state index is 11.5. The summed E-state index contributed by atoms with van der Waals surface area (Å²) in [5, 5.41) is 0.735. The van der Waals surface area contributed by atoms with Gasteiger partial charge >= 0.3 is 0 Å². The molecule has 0 fully saturated rings. The number of benzene rings is 1. The van der Waals surface area contributed by atoms with Gasteiger partial charge in [0.2, 0.25) is 0 Å². The Bertz CT molecular complexity index is 489. The van der Waals surface area contributed by atoms with Gasteiger partial charge in [0.1, 0.15) is 0 Å². The van der Waals surface area contributed by atoms with Crippen LogP contribution < -0.4 is 9.44 Å². The molecule has 0 aromatic heterocycles. The van der Waals surface area contributed by atoms with Crippen LogP contribution in [0.3, 0.4) is 0 Å². The summed E-state index contributed by atoms with van der Waals surface area (Å²) in [6.45, 7) is 4.03. The van der Waals surface area contributed by atoms with Crippen molar-refractivity contribution in [3.8, 4) is 0 Å². The van der Waals surface area contributed by atoms with Gasteiger partial charge in [0.25, 0.3) is 10.2 Å². The first-order chi connectivity index (χ1) is 8.89. The number of hydrogen-bond donors (Lipinski definition) is 2. The second-order valence-corrected chi connectivity index (χ2v) is 6.73. The van der Waals surface area contributed by atoms with Gasteiger partial charge in [0.15, 0.2) is 0 Å². The van der Waals surface area contributed by atoms with Crippen LogP contribution >= 0.6 is 11.6 Å². The number of halogens is 1. The van der Waals surface area contributed by atoms with Crippen LogP contribution in [0.5, 0.6) is 0 Å². The lowest BCUT2D eigenvalue weighted by Crippen LogP contribution is -2.40. The van der Waals surface area contributed by atoms with Crippen molar-refractivity contribution in [2.24, 2.45) is 0 Å². The van der Waals surface area contributed by atoms with Crippen LogP contribution in [0.2, 0.25) is 5.02 Å². The average Bonchev–Trinajstić information content (AvgIpc) is 2.26. The molecule has 2 N–H and O–H groups in total. The maximum atomic E-state index is 11.5. The van der Waals surface area contributed by atoms with Crippen molar-refractivity contribution in [3.63, 3.8) is 0 Å². The first kappa shape index (κ1) is 16.4. The van der Waals surface area contributed by atoms with Crippen LogP contribution in [0.15, 0.2) is 24.3 Å². The average molecular weight is 305 g/mol. The van der Waals surface area contributed by atoms with Crippen molar-refractivity contribution in [1.82, 2.24) is 9.44 Å². The largest absolute Gasteiger partial charge is 0.277 e. The Labute approximate surface area is 120 Å². The van der Waals surface area contributed by atoms with Gasteiger partial charge < -0.3 is 0 Å². The highest BCUT2D eigenvalue weighted by molar-refractivity contribution is 7.87. The van der Waals surface area contributed by atoms with E-state index in [1.807, 2.05) is 24.3 Å². The summed E-state index contributed by atoms with van der Waals surface area (Å²) in [4.78, 5) is 0. The molecule has 0 bridgehead atoms. The van der Waals surface area contributed by atoms with Crippen LogP contribution in [-0.4, -0.2) is 21.0 Å². The monoisotopic (exact) mass is 304 g/mol. The lowest BCUT2D eigenvalue weighted by molar-refractivity contribution is 0.551. The van der Waals surface area contributed by atoms with Crippen LogP contribution in [0.4, 0.5) is 0 Å². The quantitative estimate of drug-likeness (QED) is 0.725. The summed E-state index contributed by atoms with van der Waals surface area (Å²) in [6.07, 6.45) is 2.62. The van der Waals surface area contributed by atoms with Crippen molar-refractivity contribution in [3.05, 3.63) is 34.9 Å². The van der Waals surface area contributed by atoms with Crippen molar-refractivity contribution in [2.75, 3.05) is 6.54 Å². The standard InChI is InChI=1S/C13H21ClN2O2S/c1-11(2)16-19(17,18)15-9-4-3-6-12-7-5-8-13(14)10-12/h5,7-8,10-11,15-16H,3-4,6,9H2,1-2H3. The van der Waals surface area contributed by atoms with Crippen LogP contribution in [0, 0.1) is 0 Å². The van der Waals surface area contributed by atoms with E-state index in [9.17, 15) is 8.42 Å². The number of unbranched alkanes of at least 4 members (excludes halogenated alkanes) is 1. The van der Waals surface area contributed by atoms with Gasteiger partial charge in [-0.3, -0.25) is 0 Å². The third-order valence-electron chi connectivity index (χ3n) is 2.46. The fourth-order valence-corrected chi connectivity index (χ4v) is 3.03. The zero-order chi connectivity index (χ0) is 14.3. The third-order valence-corrected chi connectivity index (χ3v) is 4.07. The molecule has 0 aliphatic rings. The van der Waals surface area contributed by atoms with Crippen molar-refractivity contribution in [1.29, 1.82) is 0 Å². The zero-order valence-electron chi connectivity index (χ0n) is 11.3. The third kappa shape index (κ3) is 7.52. The van der Waals surface area contributed by atoms with E-state index in [1.165, 1.54) is 5.56 Å². The lowest BCUT2D eigenvalue weighted by Gasteiger charge is -2.10. The Hall–Kier alpha value is -0.620. The van der Waals surface area contributed by atoms with E-state index in [-0.39, 0.29) is 6.04 Å².